The van der Waals surface area contributed by atoms with Crippen LogP contribution < -0.4 is 9.80 Å². The standard InChI is InChI=1S/C74H52N2/c1-3-17-53(18-4-1)33-35-55-37-45-61(46-38-55)75(71-31-15-23-57-21-7-9-25-65(57)71)63-49-41-59(42-50-63)73-67-27-11-13-29-69(67)74(70-30-14-12-28-68(70)73)60-43-51-64(52-44-60)76(72-32-16-24-58-22-8-10-26-66(58)72)62-47-39-56(40-48-62)36-34-54-19-5-2-6-20-54/h1-52H/b35-33-,36-34?. The second-order valence-corrected chi connectivity index (χ2v) is 19.3. The van der Waals surface area contributed by atoms with Crippen molar-refractivity contribution in [2.24, 2.45) is 0 Å². The van der Waals surface area contributed by atoms with Crippen LogP contribution in [0.1, 0.15) is 22.3 Å². The fourth-order valence-electron chi connectivity index (χ4n) is 10.9. The summed E-state index contributed by atoms with van der Waals surface area (Å²) in [5, 5.41) is 9.69. The maximum absolute atomic E-state index is 2.39. The molecule has 0 spiro atoms. The van der Waals surface area contributed by atoms with E-state index in [1.165, 1.54) is 76.5 Å². The summed E-state index contributed by atoms with van der Waals surface area (Å²) in [5.74, 6) is 0. The van der Waals surface area contributed by atoms with Crippen LogP contribution in [0.4, 0.5) is 34.1 Å². The first-order valence-electron chi connectivity index (χ1n) is 26.1. The summed E-state index contributed by atoms with van der Waals surface area (Å²) in [6.07, 6.45) is 8.69. The van der Waals surface area contributed by atoms with Gasteiger partial charge in [0.1, 0.15) is 0 Å². The third-order valence-corrected chi connectivity index (χ3v) is 14.6. The van der Waals surface area contributed by atoms with Gasteiger partial charge in [-0.1, -0.05) is 255 Å². The van der Waals surface area contributed by atoms with Gasteiger partial charge in [0.15, 0.2) is 0 Å². The van der Waals surface area contributed by atoms with Gasteiger partial charge >= 0.3 is 0 Å². The van der Waals surface area contributed by atoms with Crippen molar-refractivity contribution in [2.75, 3.05) is 9.80 Å². The highest BCUT2D eigenvalue weighted by molar-refractivity contribution is 6.21. The van der Waals surface area contributed by atoms with Gasteiger partial charge in [-0.25, -0.2) is 0 Å². The van der Waals surface area contributed by atoms with E-state index in [4.69, 9.17) is 0 Å². The van der Waals surface area contributed by atoms with E-state index in [1.54, 1.807) is 0 Å². The first kappa shape index (κ1) is 45.8. The van der Waals surface area contributed by atoms with Crippen molar-refractivity contribution in [3.05, 3.63) is 313 Å². The highest BCUT2D eigenvalue weighted by atomic mass is 15.1. The molecular formula is C74H52N2. The maximum Gasteiger partial charge on any atom is 0.0540 e. The minimum atomic E-state index is 1.09. The molecule has 76 heavy (non-hydrogen) atoms. The Morgan fingerprint density at radius 1 is 0.197 bits per heavy atom. The zero-order valence-corrected chi connectivity index (χ0v) is 41.9. The van der Waals surface area contributed by atoms with Gasteiger partial charge in [-0.05, 0) is 137 Å². The molecular weight excluding hydrogens is 917 g/mol. The molecule has 0 fully saturated rings. The van der Waals surface area contributed by atoms with Gasteiger partial charge in [-0.3, -0.25) is 0 Å². The van der Waals surface area contributed by atoms with Crippen molar-refractivity contribution in [3.63, 3.8) is 0 Å². The molecule has 13 aromatic rings. The predicted octanol–water partition coefficient (Wildman–Crippen LogP) is 20.9. The van der Waals surface area contributed by atoms with Gasteiger partial charge in [0, 0.05) is 33.5 Å². The quantitative estimate of drug-likeness (QED) is 0.0889. The Bertz CT molecular complexity index is 3890. The molecule has 0 atom stereocenters. The molecule has 13 rings (SSSR count). The van der Waals surface area contributed by atoms with Gasteiger partial charge in [0.2, 0.25) is 0 Å². The Hall–Kier alpha value is -10.0. The predicted molar refractivity (Wildman–Crippen MR) is 327 cm³/mol. The van der Waals surface area contributed by atoms with E-state index < -0.39 is 0 Å². The van der Waals surface area contributed by atoms with Crippen molar-refractivity contribution in [1.82, 2.24) is 0 Å². The molecule has 0 aliphatic heterocycles. The SMILES string of the molecule is C(=Cc1ccc(N(c2ccc(-c3c4ccccc4c(-c4ccc(N(c5ccc(/C=C\c6ccccc6)cc5)c5cccc6ccccc56)cc4)c4ccccc34)cc2)c2cccc3ccccc23)cc1)c1ccccc1. The number of nitrogens with zero attached hydrogens (tertiary/aromatic N) is 2. The van der Waals surface area contributed by atoms with E-state index in [2.05, 4.69) is 325 Å². The smallest absolute Gasteiger partial charge is 0.0540 e. The van der Waals surface area contributed by atoms with Crippen LogP contribution in [0.3, 0.4) is 0 Å². The van der Waals surface area contributed by atoms with Crippen LogP contribution >= 0.6 is 0 Å². The van der Waals surface area contributed by atoms with Crippen LogP contribution in [0, 0.1) is 0 Å². The van der Waals surface area contributed by atoms with E-state index in [0.717, 1.165) is 45.3 Å². The average molecular weight is 969 g/mol. The molecule has 0 amide bonds. The number of hydrogen-bond donors (Lipinski definition) is 0. The molecule has 2 nitrogen and oxygen atoms in total. The van der Waals surface area contributed by atoms with Crippen molar-refractivity contribution < 1.29 is 0 Å². The fraction of sp³-hybridized carbons (Fsp3) is 0. The zero-order valence-electron chi connectivity index (χ0n) is 41.9. The monoisotopic (exact) mass is 968 g/mol. The number of anilines is 6. The zero-order chi connectivity index (χ0) is 50.6. The number of benzene rings is 13. The van der Waals surface area contributed by atoms with Gasteiger partial charge in [0.05, 0.1) is 11.4 Å². The molecule has 0 aromatic heterocycles. The third kappa shape index (κ3) is 8.99. The maximum atomic E-state index is 2.39. The van der Waals surface area contributed by atoms with Crippen molar-refractivity contribution in [1.29, 1.82) is 0 Å². The van der Waals surface area contributed by atoms with E-state index >= 15 is 0 Å². The first-order valence-corrected chi connectivity index (χ1v) is 26.1. The molecule has 358 valence electrons. The second kappa shape index (κ2) is 20.5. The minimum Gasteiger partial charge on any atom is -0.310 e. The van der Waals surface area contributed by atoms with E-state index in [1.807, 2.05) is 0 Å². The molecule has 0 heterocycles. The molecule has 0 aliphatic carbocycles. The molecule has 0 saturated heterocycles. The Labute approximate surface area is 444 Å². The molecule has 0 radical (unpaired) electrons. The Balaban J connectivity index is 0.881. The van der Waals surface area contributed by atoms with Crippen LogP contribution in [0.5, 0.6) is 0 Å². The molecule has 0 saturated carbocycles. The summed E-state index contributed by atoms with van der Waals surface area (Å²) >= 11 is 0. The lowest BCUT2D eigenvalue weighted by atomic mass is 9.86. The molecule has 0 N–H and O–H groups in total. The number of hydrogen-bond acceptors (Lipinski definition) is 2. The Morgan fingerprint density at radius 3 is 0.803 bits per heavy atom. The lowest BCUT2D eigenvalue weighted by Crippen LogP contribution is -2.10. The van der Waals surface area contributed by atoms with Crippen LogP contribution in [-0.2, 0) is 0 Å². The van der Waals surface area contributed by atoms with Gasteiger partial charge in [-0.2, -0.15) is 0 Å². The summed E-state index contributed by atoms with van der Waals surface area (Å²) in [6, 6.07) is 105. The van der Waals surface area contributed by atoms with Gasteiger partial charge < -0.3 is 9.80 Å². The highest BCUT2D eigenvalue weighted by Crippen LogP contribution is 2.47. The lowest BCUT2D eigenvalue weighted by Gasteiger charge is -2.27. The second-order valence-electron chi connectivity index (χ2n) is 19.3. The fourth-order valence-corrected chi connectivity index (χ4v) is 10.9. The summed E-state index contributed by atoms with van der Waals surface area (Å²) in [7, 11) is 0. The van der Waals surface area contributed by atoms with Crippen LogP contribution in [0.25, 0.3) is 89.6 Å². The largest absolute Gasteiger partial charge is 0.310 e. The number of fused-ring (bicyclic) bond motifs is 4. The topological polar surface area (TPSA) is 6.48 Å². The van der Waals surface area contributed by atoms with E-state index in [9.17, 15) is 0 Å². The van der Waals surface area contributed by atoms with Crippen LogP contribution in [0.15, 0.2) is 291 Å². The number of rotatable bonds is 12. The molecule has 0 bridgehead atoms. The first-order chi connectivity index (χ1) is 37.7. The Kier molecular flexibility index (Phi) is 12.3. The summed E-state index contributed by atoms with van der Waals surface area (Å²) in [4.78, 5) is 4.78. The highest BCUT2D eigenvalue weighted by Gasteiger charge is 2.21. The van der Waals surface area contributed by atoms with Crippen molar-refractivity contribution in [2.45, 2.75) is 0 Å². The van der Waals surface area contributed by atoms with Crippen LogP contribution in [-0.4, -0.2) is 0 Å². The summed E-state index contributed by atoms with van der Waals surface area (Å²) in [6.45, 7) is 0. The normalized spacial score (nSPS) is 11.6. The molecule has 0 aliphatic rings. The lowest BCUT2D eigenvalue weighted by molar-refractivity contribution is 1.30. The van der Waals surface area contributed by atoms with E-state index in [-0.39, 0.29) is 0 Å². The van der Waals surface area contributed by atoms with E-state index in [0.29, 0.717) is 0 Å². The Morgan fingerprint density at radius 2 is 0.461 bits per heavy atom. The molecule has 2 heteroatoms. The van der Waals surface area contributed by atoms with Gasteiger partial charge in [0.25, 0.3) is 0 Å². The molecule has 0 unspecified atom stereocenters. The summed E-state index contributed by atoms with van der Waals surface area (Å²) in [5.41, 5.74) is 16.1. The summed E-state index contributed by atoms with van der Waals surface area (Å²) < 4.78 is 0. The van der Waals surface area contributed by atoms with Gasteiger partial charge in [-0.15, -0.1) is 0 Å². The van der Waals surface area contributed by atoms with Crippen LogP contribution in [0.2, 0.25) is 0 Å². The molecule has 13 aromatic carbocycles. The van der Waals surface area contributed by atoms with Crippen molar-refractivity contribution >= 4 is 102 Å². The average Bonchev–Trinajstić information content (AvgIpc) is 3.53. The third-order valence-electron chi connectivity index (χ3n) is 14.6. The van der Waals surface area contributed by atoms with Crippen molar-refractivity contribution in [3.8, 4) is 22.3 Å². The minimum absolute atomic E-state index is 1.09.